The monoisotopic (exact) mass is 571 g/mol. The van der Waals surface area contributed by atoms with Crippen LogP contribution in [0.25, 0.3) is 0 Å². The van der Waals surface area contributed by atoms with E-state index in [1.807, 2.05) is 54.6 Å². The van der Waals surface area contributed by atoms with Crippen LogP contribution in [0.3, 0.4) is 0 Å². The molecule has 0 saturated carbocycles. The van der Waals surface area contributed by atoms with Gasteiger partial charge in [0.15, 0.2) is 0 Å². The second-order valence-corrected chi connectivity index (χ2v) is 10.9. The fourth-order valence-corrected chi connectivity index (χ4v) is 5.74. The molecule has 0 aliphatic carbocycles. The summed E-state index contributed by atoms with van der Waals surface area (Å²) >= 11 is 0. The van der Waals surface area contributed by atoms with Gasteiger partial charge < -0.3 is 25.0 Å². The van der Waals surface area contributed by atoms with Gasteiger partial charge in [0.05, 0.1) is 20.2 Å². The number of hydrazine groups is 1. The van der Waals surface area contributed by atoms with Crippen molar-refractivity contribution in [2.75, 3.05) is 33.8 Å². The van der Waals surface area contributed by atoms with Crippen molar-refractivity contribution in [1.29, 1.82) is 0 Å². The fraction of sp³-hybridized carbons (Fsp3) is 0.344. The van der Waals surface area contributed by atoms with Crippen LogP contribution >= 0.6 is 0 Å². The number of rotatable bonds is 8. The first-order valence-corrected chi connectivity index (χ1v) is 14.1. The molecule has 5 rings (SSSR count). The molecule has 2 aliphatic rings. The maximum atomic E-state index is 14.0. The molecule has 3 aromatic rings. The van der Waals surface area contributed by atoms with E-state index in [1.165, 1.54) is 0 Å². The minimum Gasteiger partial charge on any atom is -0.508 e. The van der Waals surface area contributed by atoms with Crippen LogP contribution in [0.5, 0.6) is 11.5 Å². The zero-order chi connectivity index (χ0) is 29.8. The number of nitrogens with zero attached hydrogens (tertiary/aromatic N) is 4. The van der Waals surface area contributed by atoms with Gasteiger partial charge in [0.2, 0.25) is 11.8 Å². The van der Waals surface area contributed by atoms with E-state index < -0.39 is 12.2 Å². The summed E-state index contributed by atoms with van der Waals surface area (Å²) in [4.78, 5) is 44.6. The van der Waals surface area contributed by atoms with E-state index in [2.05, 4.69) is 12.2 Å². The molecule has 3 aromatic carbocycles. The van der Waals surface area contributed by atoms with Gasteiger partial charge in [-0.3, -0.25) is 9.59 Å². The Balaban J connectivity index is 1.42. The molecule has 10 nitrogen and oxygen atoms in total. The quantitative estimate of drug-likeness (QED) is 0.430. The summed E-state index contributed by atoms with van der Waals surface area (Å²) < 4.78 is 5.22. The molecule has 2 heterocycles. The Labute approximate surface area is 246 Å². The molecule has 4 amide bonds. The van der Waals surface area contributed by atoms with Crippen LogP contribution in [0.1, 0.15) is 29.5 Å². The van der Waals surface area contributed by atoms with Crippen LogP contribution in [-0.4, -0.2) is 88.8 Å². The van der Waals surface area contributed by atoms with Gasteiger partial charge in [-0.05, 0) is 46.9 Å². The maximum absolute atomic E-state index is 14.0. The normalized spacial score (nSPS) is 19.8. The average molecular weight is 572 g/mol. The Hall–Kier alpha value is -4.57. The number of methoxy groups -OCH3 is 1. The molecule has 3 atom stereocenters. The first kappa shape index (κ1) is 28.9. The van der Waals surface area contributed by atoms with E-state index in [1.54, 1.807) is 58.2 Å². The van der Waals surface area contributed by atoms with Crippen LogP contribution in [0.15, 0.2) is 78.9 Å². The summed E-state index contributed by atoms with van der Waals surface area (Å²) in [5.41, 5.74) is 2.82. The van der Waals surface area contributed by atoms with Gasteiger partial charge in [0, 0.05) is 26.6 Å². The number of urea groups is 1. The van der Waals surface area contributed by atoms with Crippen LogP contribution in [0, 0.1) is 0 Å². The Kier molecular flexibility index (Phi) is 8.63. The summed E-state index contributed by atoms with van der Waals surface area (Å²) in [5, 5.41) is 15.9. The standard InChI is InChI=1S/C32H37N5O5/c1-22(25-7-5-4-6-8-25)19-35-20-29-36(28(31(35)40)17-23-9-13-26(38)14-10-23)30(39)21-34(2)37(29)32(41)33-18-24-11-15-27(42-3)16-12-24/h4-16,22,28-29,38H,17-21H2,1-3H3,(H,33,41)/t22?,28?,29-/m0/s1. The highest BCUT2D eigenvalue weighted by Gasteiger charge is 2.50. The molecule has 10 heteroatoms. The first-order valence-electron chi connectivity index (χ1n) is 14.1. The van der Waals surface area contributed by atoms with Gasteiger partial charge in [-0.25, -0.2) is 14.8 Å². The highest BCUT2D eigenvalue weighted by atomic mass is 16.5. The molecule has 2 unspecified atom stereocenters. The molecule has 0 spiro atoms. The molecule has 2 N–H and O–H groups in total. The summed E-state index contributed by atoms with van der Waals surface area (Å²) in [6.45, 7) is 2.96. The summed E-state index contributed by atoms with van der Waals surface area (Å²) in [6.07, 6.45) is -0.419. The molecular formula is C32H37N5O5. The van der Waals surface area contributed by atoms with Crippen molar-refractivity contribution in [2.45, 2.75) is 38.0 Å². The number of nitrogens with one attached hydrogen (secondary N) is 1. The largest absolute Gasteiger partial charge is 0.508 e. The Morgan fingerprint density at radius 3 is 2.33 bits per heavy atom. The minimum absolute atomic E-state index is 0.0355. The van der Waals surface area contributed by atoms with Crippen molar-refractivity contribution in [3.63, 3.8) is 0 Å². The lowest BCUT2D eigenvalue weighted by Gasteiger charge is -2.54. The van der Waals surface area contributed by atoms with Crippen molar-refractivity contribution in [2.24, 2.45) is 0 Å². The van der Waals surface area contributed by atoms with E-state index in [0.29, 0.717) is 13.1 Å². The number of hydrogen-bond acceptors (Lipinski definition) is 6. The lowest BCUT2D eigenvalue weighted by Crippen LogP contribution is -2.76. The second-order valence-electron chi connectivity index (χ2n) is 10.9. The lowest BCUT2D eigenvalue weighted by atomic mass is 9.96. The smallest absolute Gasteiger partial charge is 0.334 e. The first-order chi connectivity index (χ1) is 20.2. The van der Waals surface area contributed by atoms with Gasteiger partial charge in [0.25, 0.3) is 0 Å². The van der Waals surface area contributed by atoms with E-state index in [4.69, 9.17) is 4.74 Å². The number of fused-ring (bicyclic) bond motifs is 1. The van der Waals surface area contributed by atoms with Gasteiger partial charge in [0.1, 0.15) is 23.7 Å². The number of phenols is 1. The number of phenolic OH excluding ortho intramolecular Hbond substituents is 1. The fourth-order valence-electron chi connectivity index (χ4n) is 5.74. The summed E-state index contributed by atoms with van der Waals surface area (Å²) in [5.74, 6) is 0.533. The van der Waals surface area contributed by atoms with Crippen LogP contribution in [0.4, 0.5) is 4.79 Å². The predicted molar refractivity (Wildman–Crippen MR) is 157 cm³/mol. The summed E-state index contributed by atoms with van der Waals surface area (Å²) in [7, 11) is 3.31. The highest BCUT2D eigenvalue weighted by Crippen LogP contribution is 2.30. The van der Waals surface area contributed by atoms with E-state index in [9.17, 15) is 19.5 Å². The molecular weight excluding hydrogens is 534 g/mol. The molecule has 2 fully saturated rings. The van der Waals surface area contributed by atoms with Crippen LogP contribution < -0.4 is 10.1 Å². The predicted octanol–water partition coefficient (Wildman–Crippen LogP) is 3.18. The average Bonchev–Trinajstić information content (AvgIpc) is 2.99. The molecule has 220 valence electrons. The Morgan fingerprint density at radius 1 is 1.00 bits per heavy atom. The van der Waals surface area contributed by atoms with Crippen molar-refractivity contribution < 1.29 is 24.2 Å². The zero-order valence-electron chi connectivity index (χ0n) is 24.1. The number of carbonyl (C=O) groups excluding carboxylic acids is 3. The second kappa shape index (κ2) is 12.5. The molecule has 2 saturated heterocycles. The van der Waals surface area contributed by atoms with E-state index >= 15 is 0 Å². The third-order valence-corrected chi connectivity index (χ3v) is 7.98. The van der Waals surface area contributed by atoms with Gasteiger partial charge in [-0.15, -0.1) is 0 Å². The SMILES string of the molecule is COc1ccc(CNC(=O)N2[C@H]3CN(CC(C)c4ccccc4)C(=O)C(Cc4ccc(O)cc4)N3C(=O)CN2C)cc1. The van der Waals surface area contributed by atoms with Crippen LogP contribution in [0.2, 0.25) is 0 Å². The molecule has 0 radical (unpaired) electrons. The molecule has 42 heavy (non-hydrogen) atoms. The van der Waals surface area contributed by atoms with Gasteiger partial charge in [-0.1, -0.05) is 61.5 Å². The lowest BCUT2D eigenvalue weighted by molar-refractivity contribution is -0.187. The van der Waals surface area contributed by atoms with Gasteiger partial charge >= 0.3 is 6.03 Å². The number of benzene rings is 3. The van der Waals surface area contributed by atoms with Crippen molar-refractivity contribution >= 4 is 17.8 Å². The third-order valence-electron chi connectivity index (χ3n) is 7.98. The van der Waals surface area contributed by atoms with Crippen LogP contribution in [-0.2, 0) is 22.6 Å². The number of aromatic hydroxyl groups is 1. The third kappa shape index (κ3) is 6.18. The highest BCUT2D eigenvalue weighted by molar-refractivity contribution is 5.91. The number of amides is 4. The zero-order valence-corrected chi connectivity index (χ0v) is 24.1. The maximum Gasteiger partial charge on any atom is 0.334 e. The number of piperazine rings is 1. The van der Waals surface area contributed by atoms with E-state index in [-0.39, 0.29) is 49.0 Å². The number of hydrogen-bond donors (Lipinski definition) is 2. The molecule has 0 aromatic heterocycles. The minimum atomic E-state index is -0.797. The van der Waals surface area contributed by atoms with E-state index in [0.717, 1.165) is 22.4 Å². The molecule has 2 aliphatic heterocycles. The Bertz CT molecular complexity index is 1400. The van der Waals surface area contributed by atoms with Gasteiger partial charge in [-0.2, -0.15) is 0 Å². The van der Waals surface area contributed by atoms with Crippen molar-refractivity contribution in [1.82, 2.24) is 25.1 Å². The molecule has 0 bridgehead atoms. The number of ether oxygens (including phenoxy) is 1. The summed E-state index contributed by atoms with van der Waals surface area (Å²) in [6, 6.07) is 22.9. The topological polar surface area (TPSA) is 106 Å². The number of carbonyl (C=O) groups is 3. The number of likely N-dealkylation sites (N-methyl/N-ethyl adjacent to an activating group) is 1. The van der Waals surface area contributed by atoms with Crippen molar-refractivity contribution in [3.05, 3.63) is 95.6 Å². The van der Waals surface area contributed by atoms with Crippen molar-refractivity contribution in [3.8, 4) is 11.5 Å². The Morgan fingerprint density at radius 2 is 1.67 bits per heavy atom.